The van der Waals surface area contributed by atoms with Crippen molar-refractivity contribution in [1.82, 2.24) is 5.32 Å². The molecule has 1 aliphatic rings. The molecule has 4 heteroatoms. The normalized spacial score (nSPS) is 25.9. The SMILES string of the molecule is [2H]C([2H])([2H])C([2H])([2H])CCCCCC(=O)N[C@H]1CCOC1=O. The molecule has 0 aromatic rings. The van der Waals surface area contributed by atoms with E-state index in [9.17, 15) is 9.59 Å². The van der Waals surface area contributed by atoms with Crippen LogP contribution in [-0.2, 0) is 14.3 Å². The van der Waals surface area contributed by atoms with Crippen molar-refractivity contribution in [3.05, 3.63) is 0 Å². The first-order valence-electron chi connectivity index (χ1n) is 8.09. The predicted molar refractivity (Wildman–Crippen MR) is 60.9 cm³/mol. The molecule has 1 aliphatic heterocycles. The van der Waals surface area contributed by atoms with E-state index in [1.54, 1.807) is 0 Å². The van der Waals surface area contributed by atoms with Crippen LogP contribution in [0, 0.1) is 0 Å². The Morgan fingerprint density at radius 3 is 3.06 bits per heavy atom. The summed E-state index contributed by atoms with van der Waals surface area (Å²) in [6.45, 7) is -2.29. The minimum atomic E-state index is -2.62. The summed E-state index contributed by atoms with van der Waals surface area (Å²) < 4.78 is 40.8. The summed E-state index contributed by atoms with van der Waals surface area (Å²) in [5.74, 6) is -0.646. The van der Waals surface area contributed by atoms with E-state index in [0.717, 1.165) is 0 Å². The van der Waals surface area contributed by atoms with Gasteiger partial charge in [0.05, 0.1) is 6.61 Å². The molecule has 0 aliphatic carbocycles. The topological polar surface area (TPSA) is 55.4 Å². The molecule has 1 saturated heterocycles. The van der Waals surface area contributed by atoms with Crippen LogP contribution in [-0.4, -0.2) is 24.5 Å². The lowest BCUT2D eigenvalue weighted by atomic mass is 10.1. The molecule has 0 radical (unpaired) electrons. The molecule has 1 heterocycles. The van der Waals surface area contributed by atoms with E-state index in [-0.39, 0.29) is 18.7 Å². The van der Waals surface area contributed by atoms with E-state index in [2.05, 4.69) is 5.32 Å². The van der Waals surface area contributed by atoms with Crippen molar-refractivity contribution in [3.8, 4) is 0 Å². The van der Waals surface area contributed by atoms with Crippen molar-refractivity contribution in [2.75, 3.05) is 6.61 Å². The first-order valence-corrected chi connectivity index (χ1v) is 5.59. The Morgan fingerprint density at radius 2 is 2.38 bits per heavy atom. The lowest BCUT2D eigenvalue weighted by molar-refractivity contribution is -0.141. The maximum absolute atomic E-state index is 11.6. The highest BCUT2D eigenvalue weighted by molar-refractivity contribution is 5.85. The third-order valence-corrected chi connectivity index (χ3v) is 2.48. The monoisotopic (exact) mass is 232 g/mol. The molecule has 4 nitrogen and oxygen atoms in total. The summed E-state index contributed by atoms with van der Waals surface area (Å²) in [6, 6.07) is -0.554. The number of unbranched alkanes of at least 4 members (excludes halogenated alkanes) is 2. The zero-order valence-corrected chi connectivity index (χ0v) is 9.25. The summed E-state index contributed by atoms with van der Waals surface area (Å²) in [4.78, 5) is 22.7. The van der Waals surface area contributed by atoms with Crippen LogP contribution in [0.4, 0.5) is 0 Å². The van der Waals surface area contributed by atoms with E-state index < -0.39 is 25.2 Å². The quantitative estimate of drug-likeness (QED) is 0.537. The van der Waals surface area contributed by atoms with Gasteiger partial charge in [0.25, 0.3) is 0 Å². The highest BCUT2D eigenvalue weighted by atomic mass is 16.5. The zero-order valence-electron chi connectivity index (χ0n) is 14.3. The summed E-state index contributed by atoms with van der Waals surface area (Å²) in [7, 11) is 0. The molecule has 0 aromatic carbocycles. The van der Waals surface area contributed by atoms with E-state index in [1.807, 2.05) is 0 Å². The Kier molecular flexibility index (Phi) is 3.31. The van der Waals surface area contributed by atoms with Gasteiger partial charge in [-0.1, -0.05) is 32.5 Å². The van der Waals surface area contributed by atoms with Crippen LogP contribution in [0.3, 0.4) is 0 Å². The average molecular weight is 232 g/mol. The van der Waals surface area contributed by atoms with Crippen molar-refractivity contribution in [3.63, 3.8) is 0 Å². The van der Waals surface area contributed by atoms with Crippen LogP contribution in [0.15, 0.2) is 0 Å². The number of carbonyl (C=O) groups excluding carboxylic acids is 2. The number of carbonyl (C=O) groups is 2. The molecule has 0 saturated carbocycles. The number of amides is 1. The number of hydrogen-bond donors (Lipinski definition) is 1. The van der Waals surface area contributed by atoms with E-state index in [4.69, 9.17) is 11.6 Å². The minimum absolute atomic E-state index is 0.0555. The van der Waals surface area contributed by atoms with Crippen molar-refractivity contribution in [1.29, 1.82) is 0 Å². The largest absolute Gasteiger partial charge is 0.464 e. The lowest BCUT2D eigenvalue weighted by Gasteiger charge is -2.08. The number of rotatable bonds is 7. The number of nitrogens with one attached hydrogen (secondary N) is 1. The van der Waals surface area contributed by atoms with Crippen molar-refractivity contribution in [2.45, 2.75) is 57.8 Å². The second-order valence-corrected chi connectivity index (χ2v) is 3.81. The van der Waals surface area contributed by atoms with Gasteiger partial charge in [0.2, 0.25) is 5.91 Å². The van der Waals surface area contributed by atoms with E-state index in [0.29, 0.717) is 32.3 Å². The fraction of sp³-hybridized carbons (Fsp3) is 0.833. The van der Waals surface area contributed by atoms with Gasteiger partial charge >= 0.3 is 5.97 Å². The Morgan fingerprint density at radius 1 is 1.56 bits per heavy atom. The molecule has 1 rings (SSSR count). The van der Waals surface area contributed by atoms with Gasteiger partial charge < -0.3 is 10.1 Å². The molecule has 0 spiro atoms. The fourth-order valence-corrected chi connectivity index (χ4v) is 1.57. The molecule has 1 fully saturated rings. The Labute approximate surface area is 104 Å². The highest BCUT2D eigenvalue weighted by Gasteiger charge is 2.27. The molecule has 16 heavy (non-hydrogen) atoms. The van der Waals surface area contributed by atoms with Gasteiger partial charge in [-0.3, -0.25) is 4.79 Å². The first kappa shape index (κ1) is 7.30. The molecule has 0 aromatic heterocycles. The summed E-state index contributed by atoms with van der Waals surface area (Å²) in [5.41, 5.74) is 0. The summed E-state index contributed by atoms with van der Waals surface area (Å²) in [6.07, 6.45) is -0.0141. The maximum atomic E-state index is 11.6. The van der Waals surface area contributed by atoms with Crippen LogP contribution in [0.2, 0.25) is 0 Å². The molecule has 0 bridgehead atoms. The van der Waals surface area contributed by atoms with Gasteiger partial charge in [-0.2, -0.15) is 0 Å². The molecular weight excluding hydrogens is 206 g/mol. The minimum Gasteiger partial charge on any atom is -0.464 e. The van der Waals surface area contributed by atoms with Gasteiger partial charge in [0.15, 0.2) is 0 Å². The summed E-state index contributed by atoms with van der Waals surface area (Å²) in [5, 5.41) is 2.58. The molecule has 1 amide bonds. The second-order valence-electron chi connectivity index (χ2n) is 3.81. The van der Waals surface area contributed by atoms with Gasteiger partial charge in [-0.15, -0.1) is 0 Å². The van der Waals surface area contributed by atoms with Gasteiger partial charge in [-0.05, 0) is 6.42 Å². The molecule has 92 valence electrons. The average Bonchev–Trinajstić information content (AvgIpc) is 2.73. The third-order valence-electron chi connectivity index (χ3n) is 2.48. The number of esters is 1. The second kappa shape index (κ2) is 7.25. The number of hydrogen-bond acceptors (Lipinski definition) is 3. The van der Waals surface area contributed by atoms with E-state index >= 15 is 0 Å². The van der Waals surface area contributed by atoms with Crippen molar-refractivity contribution in [2.24, 2.45) is 0 Å². The van der Waals surface area contributed by atoms with Crippen LogP contribution < -0.4 is 5.32 Å². The van der Waals surface area contributed by atoms with Gasteiger partial charge in [0, 0.05) is 19.7 Å². The Balaban J connectivity index is 2.14. The third kappa shape index (κ3) is 4.64. The molecule has 0 unspecified atom stereocenters. The number of ether oxygens (including phenoxy) is 1. The maximum Gasteiger partial charge on any atom is 0.328 e. The highest BCUT2D eigenvalue weighted by Crippen LogP contribution is 2.08. The van der Waals surface area contributed by atoms with Crippen LogP contribution >= 0.6 is 0 Å². The fourth-order valence-electron chi connectivity index (χ4n) is 1.57. The summed E-state index contributed by atoms with van der Waals surface area (Å²) >= 11 is 0. The standard InChI is InChI=1S/C12H21NO3/c1-2-3-4-5-6-7-11(14)13-10-8-9-16-12(10)15/h10H,2-9H2,1H3,(H,13,14)/t10-/m0/s1/i1D3,2D2. The van der Waals surface area contributed by atoms with Crippen molar-refractivity contribution >= 4 is 11.9 Å². The van der Waals surface area contributed by atoms with Crippen LogP contribution in [0.25, 0.3) is 0 Å². The van der Waals surface area contributed by atoms with Gasteiger partial charge in [0.1, 0.15) is 6.04 Å². The van der Waals surface area contributed by atoms with Crippen LogP contribution in [0.1, 0.15) is 58.6 Å². The molecule has 1 N–H and O–H groups in total. The van der Waals surface area contributed by atoms with Crippen molar-refractivity contribution < 1.29 is 21.2 Å². The number of cyclic esters (lactones) is 1. The Bertz CT molecular complexity index is 384. The predicted octanol–water partition coefficient (Wildman–Crippen LogP) is 1.78. The zero-order chi connectivity index (χ0) is 16.1. The smallest absolute Gasteiger partial charge is 0.328 e. The van der Waals surface area contributed by atoms with E-state index in [1.165, 1.54) is 0 Å². The molecule has 1 atom stereocenters. The first-order chi connectivity index (χ1) is 9.63. The Hall–Kier alpha value is -1.06. The lowest BCUT2D eigenvalue weighted by Crippen LogP contribution is -2.37. The molecular formula is C12H21NO3. The van der Waals surface area contributed by atoms with Crippen LogP contribution in [0.5, 0.6) is 0 Å². The van der Waals surface area contributed by atoms with Gasteiger partial charge in [-0.25, -0.2) is 4.79 Å².